The average molecular weight is 352 g/mol. The molecule has 1 aromatic carbocycles. The van der Waals surface area contributed by atoms with Crippen molar-refractivity contribution in [3.8, 4) is 0 Å². The van der Waals surface area contributed by atoms with E-state index in [9.17, 15) is 9.59 Å². The lowest BCUT2D eigenvalue weighted by Gasteiger charge is -2.17. The number of rotatable bonds is 5. The van der Waals surface area contributed by atoms with Crippen LogP contribution in [-0.4, -0.2) is 32.7 Å². The quantitative estimate of drug-likeness (QED) is 0.645. The van der Waals surface area contributed by atoms with Gasteiger partial charge in [-0.05, 0) is 18.6 Å². The van der Waals surface area contributed by atoms with Crippen LogP contribution in [0.25, 0.3) is 11.0 Å². The molecule has 3 aromatic rings. The van der Waals surface area contributed by atoms with Gasteiger partial charge in [0.15, 0.2) is 5.65 Å². The van der Waals surface area contributed by atoms with Crippen molar-refractivity contribution in [1.82, 2.24) is 20.1 Å². The number of hydrogen-bond acceptors (Lipinski definition) is 4. The number of fused-ring (bicyclic) bond motifs is 1. The number of carbonyl (C=O) groups is 2. The van der Waals surface area contributed by atoms with Gasteiger partial charge in [-0.25, -0.2) is 9.78 Å². The molecule has 0 radical (unpaired) electrons. The van der Waals surface area contributed by atoms with Gasteiger partial charge in [0.2, 0.25) is 5.91 Å². The second-order valence-electron chi connectivity index (χ2n) is 6.04. The summed E-state index contributed by atoms with van der Waals surface area (Å²) in [5, 5.41) is 10.4. The van der Waals surface area contributed by atoms with Crippen LogP contribution in [0.4, 0.5) is 10.5 Å². The lowest BCUT2D eigenvalue weighted by atomic mass is 10.1. The first kappa shape index (κ1) is 17.4. The van der Waals surface area contributed by atoms with Crippen LogP contribution in [0.5, 0.6) is 0 Å². The highest BCUT2D eigenvalue weighted by Gasteiger charge is 2.21. The molecule has 0 spiro atoms. The van der Waals surface area contributed by atoms with Crippen LogP contribution in [0.15, 0.2) is 42.6 Å². The van der Waals surface area contributed by atoms with E-state index >= 15 is 0 Å². The summed E-state index contributed by atoms with van der Waals surface area (Å²) in [5.41, 5.74) is 8.22. The molecule has 3 amide bonds. The normalized spacial score (nSPS) is 11.9. The minimum absolute atomic E-state index is 0.331. The zero-order chi connectivity index (χ0) is 18.7. The van der Waals surface area contributed by atoms with Crippen molar-refractivity contribution in [2.45, 2.75) is 19.4 Å². The van der Waals surface area contributed by atoms with E-state index < -0.39 is 12.1 Å². The number of nitrogens with two attached hydrogens (primary N) is 1. The molecule has 0 saturated heterocycles. The summed E-state index contributed by atoms with van der Waals surface area (Å²) in [6.07, 6.45) is 1.89. The standard InChI is InChI=1S/C18H20N6O2/c1-11-14-9-13(10-20-16(14)24(2)23-11)21-17(25)15(22-18(19)26)8-12-6-4-3-5-7-12/h3-7,9-10,15H,8H2,1-2H3,(H,21,25)(H3,19,22,26). The van der Waals surface area contributed by atoms with Crippen LogP contribution in [0, 0.1) is 6.92 Å². The number of hydrogen-bond donors (Lipinski definition) is 3. The second kappa shape index (κ2) is 7.22. The first-order valence-corrected chi connectivity index (χ1v) is 8.14. The zero-order valence-corrected chi connectivity index (χ0v) is 14.6. The highest BCUT2D eigenvalue weighted by atomic mass is 16.2. The van der Waals surface area contributed by atoms with Crippen LogP contribution in [0.3, 0.4) is 0 Å². The molecule has 3 rings (SSSR count). The first-order chi connectivity index (χ1) is 12.4. The van der Waals surface area contributed by atoms with E-state index in [2.05, 4.69) is 20.7 Å². The Kier molecular flexibility index (Phi) is 4.83. The van der Waals surface area contributed by atoms with Crippen molar-refractivity contribution < 1.29 is 9.59 Å². The van der Waals surface area contributed by atoms with Gasteiger partial charge in [-0.1, -0.05) is 30.3 Å². The summed E-state index contributed by atoms with van der Waals surface area (Å²) in [5.74, 6) is -0.365. The average Bonchev–Trinajstić information content (AvgIpc) is 2.89. The number of aromatic nitrogens is 3. The van der Waals surface area contributed by atoms with Gasteiger partial charge in [0.1, 0.15) is 6.04 Å². The molecule has 2 heterocycles. The summed E-state index contributed by atoms with van der Waals surface area (Å²) in [7, 11) is 1.81. The minimum atomic E-state index is -0.791. The summed E-state index contributed by atoms with van der Waals surface area (Å²) in [6, 6.07) is 9.67. The summed E-state index contributed by atoms with van der Waals surface area (Å²) in [4.78, 5) is 28.3. The fraction of sp³-hybridized carbons (Fsp3) is 0.222. The highest BCUT2D eigenvalue weighted by Crippen LogP contribution is 2.19. The number of aryl methyl sites for hydroxylation is 2. The van der Waals surface area contributed by atoms with E-state index in [0.717, 1.165) is 22.3 Å². The SMILES string of the molecule is Cc1nn(C)c2ncc(NC(=O)C(Cc3ccccc3)NC(N)=O)cc12. The summed E-state index contributed by atoms with van der Waals surface area (Å²) < 4.78 is 1.68. The maximum atomic E-state index is 12.6. The van der Waals surface area contributed by atoms with E-state index in [0.29, 0.717) is 12.1 Å². The summed E-state index contributed by atoms with van der Waals surface area (Å²) in [6.45, 7) is 1.88. The number of anilines is 1. The van der Waals surface area contributed by atoms with E-state index in [1.165, 1.54) is 0 Å². The molecule has 26 heavy (non-hydrogen) atoms. The molecule has 1 atom stereocenters. The van der Waals surface area contributed by atoms with Crippen LogP contribution in [-0.2, 0) is 18.3 Å². The van der Waals surface area contributed by atoms with E-state index in [1.807, 2.05) is 50.4 Å². The molecule has 0 aliphatic rings. The van der Waals surface area contributed by atoms with Gasteiger partial charge in [-0.3, -0.25) is 9.48 Å². The Hall–Kier alpha value is -3.42. The van der Waals surface area contributed by atoms with Gasteiger partial charge < -0.3 is 16.4 Å². The van der Waals surface area contributed by atoms with Crippen molar-refractivity contribution in [3.63, 3.8) is 0 Å². The number of benzene rings is 1. The van der Waals surface area contributed by atoms with Crippen molar-refractivity contribution in [2.24, 2.45) is 12.8 Å². The van der Waals surface area contributed by atoms with Crippen LogP contribution in [0.2, 0.25) is 0 Å². The Labute approximate surface area is 150 Å². The monoisotopic (exact) mass is 352 g/mol. The largest absolute Gasteiger partial charge is 0.352 e. The van der Waals surface area contributed by atoms with E-state index in [4.69, 9.17) is 5.73 Å². The maximum Gasteiger partial charge on any atom is 0.312 e. The third kappa shape index (κ3) is 3.80. The molecular weight excluding hydrogens is 332 g/mol. The van der Waals surface area contributed by atoms with Crippen LogP contribution < -0.4 is 16.4 Å². The Balaban J connectivity index is 1.80. The molecule has 2 aromatic heterocycles. The van der Waals surface area contributed by atoms with Gasteiger partial charge in [-0.15, -0.1) is 0 Å². The molecule has 0 aliphatic heterocycles. The molecule has 0 fully saturated rings. The van der Waals surface area contributed by atoms with Crippen molar-refractivity contribution in [3.05, 3.63) is 53.9 Å². The minimum Gasteiger partial charge on any atom is -0.352 e. The van der Waals surface area contributed by atoms with Crippen molar-refractivity contribution >= 4 is 28.7 Å². The second-order valence-corrected chi connectivity index (χ2v) is 6.04. The number of urea groups is 1. The predicted octanol–water partition coefficient (Wildman–Crippen LogP) is 1.49. The Morgan fingerprint density at radius 2 is 2.00 bits per heavy atom. The van der Waals surface area contributed by atoms with Crippen LogP contribution >= 0.6 is 0 Å². The molecule has 0 saturated carbocycles. The molecule has 1 unspecified atom stereocenters. The number of amides is 3. The predicted molar refractivity (Wildman–Crippen MR) is 98.5 cm³/mol. The Bertz CT molecular complexity index is 951. The maximum absolute atomic E-state index is 12.6. The number of carbonyl (C=O) groups excluding carboxylic acids is 2. The fourth-order valence-electron chi connectivity index (χ4n) is 2.84. The molecule has 134 valence electrons. The first-order valence-electron chi connectivity index (χ1n) is 8.14. The molecule has 4 N–H and O–H groups in total. The molecular formula is C18H20N6O2. The van der Waals surface area contributed by atoms with Crippen LogP contribution in [0.1, 0.15) is 11.3 Å². The molecule has 8 nitrogen and oxygen atoms in total. The lowest BCUT2D eigenvalue weighted by Crippen LogP contribution is -2.47. The Morgan fingerprint density at radius 1 is 1.27 bits per heavy atom. The van der Waals surface area contributed by atoms with E-state index in [1.54, 1.807) is 10.9 Å². The smallest absolute Gasteiger partial charge is 0.312 e. The van der Waals surface area contributed by atoms with Gasteiger partial charge in [-0.2, -0.15) is 5.10 Å². The van der Waals surface area contributed by atoms with Gasteiger partial charge >= 0.3 is 6.03 Å². The van der Waals surface area contributed by atoms with Crippen molar-refractivity contribution in [2.75, 3.05) is 5.32 Å². The lowest BCUT2D eigenvalue weighted by molar-refractivity contribution is -0.117. The Morgan fingerprint density at radius 3 is 2.69 bits per heavy atom. The molecule has 8 heteroatoms. The topological polar surface area (TPSA) is 115 Å². The number of pyridine rings is 1. The molecule has 0 aliphatic carbocycles. The van der Waals surface area contributed by atoms with Gasteiger partial charge in [0.25, 0.3) is 0 Å². The van der Waals surface area contributed by atoms with Gasteiger partial charge in [0, 0.05) is 18.9 Å². The number of nitrogens with one attached hydrogen (secondary N) is 2. The fourth-order valence-corrected chi connectivity index (χ4v) is 2.84. The van der Waals surface area contributed by atoms with Crippen molar-refractivity contribution in [1.29, 1.82) is 0 Å². The highest BCUT2D eigenvalue weighted by molar-refractivity contribution is 5.98. The third-order valence-corrected chi connectivity index (χ3v) is 4.05. The third-order valence-electron chi connectivity index (χ3n) is 4.05. The number of primary amides is 1. The summed E-state index contributed by atoms with van der Waals surface area (Å²) >= 11 is 0. The number of nitrogens with zero attached hydrogens (tertiary/aromatic N) is 3. The van der Waals surface area contributed by atoms with E-state index in [-0.39, 0.29) is 5.91 Å². The molecule has 0 bridgehead atoms. The zero-order valence-electron chi connectivity index (χ0n) is 14.6. The van der Waals surface area contributed by atoms with Gasteiger partial charge in [0.05, 0.1) is 17.6 Å².